The van der Waals surface area contributed by atoms with Crippen LogP contribution < -0.4 is 0 Å². The molecule has 1 N–H and O–H groups in total. The average Bonchev–Trinajstić information content (AvgIpc) is 2.34. The van der Waals surface area contributed by atoms with Gasteiger partial charge in [0.1, 0.15) is 5.82 Å². The Labute approximate surface area is 118 Å². The second kappa shape index (κ2) is 6.21. The van der Waals surface area contributed by atoms with Gasteiger partial charge in [-0.3, -0.25) is 0 Å². The molecule has 0 saturated carbocycles. The van der Waals surface area contributed by atoms with Crippen LogP contribution in [0.2, 0.25) is 5.02 Å². The molecule has 0 radical (unpaired) electrons. The first-order valence-corrected chi connectivity index (χ1v) is 7.18. The second-order valence-electron chi connectivity index (χ2n) is 5.37. The number of rotatable bonds is 4. The van der Waals surface area contributed by atoms with Gasteiger partial charge in [0.15, 0.2) is 0 Å². The molecule has 1 aromatic rings. The third-order valence-corrected chi connectivity index (χ3v) is 3.90. The number of benzene rings is 1. The summed E-state index contributed by atoms with van der Waals surface area (Å²) < 4.78 is 19.4. The maximum absolute atomic E-state index is 13.7. The normalized spacial score (nSPS) is 27.5. The highest BCUT2D eigenvalue weighted by Crippen LogP contribution is 2.31. The topological polar surface area (TPSA) is 29.5 Å². The lowest BCUT2D eigenvalue weighted by Gasteiger charge is -2.37. The standard InChI is InChI=1S/C15H20ClFO2/c1-2-3-13-10-15(18,6-7-19-13)9-11-8-12(16)4-5-14(11)17/h4-5,8,13,18H,2-3,6-7,9-10H2,1H3. The van der Waals surface area contributed by atoms with Crippen LogP contribution in [0, 0.1) is 5.82 Å². The van der Waals surface area contributed by atoms with Gasteiger partial charge in [-0.2, -0.15) is 0 Å². The van der Waals surface area contributed by atoms with Gasteiger partial charge in [-0.15, -0.1) is 0 Å². The second-order valence-corrected chi connectivity index (χ2v) is 5.81. The molecule has 0 aromatic heterocycles. The molecule has 1 aliphatic heterocycles. The summed E-state index contributed by atoms with van der Waals surface area (Å²) >= 11 is 5.89. The zero-order valence-corrected chi connectivity index (χ0v) is 11.9. The van der Waals surface area contributed by atoms with Crippen LogP contribution in [0.4, 0.5) is 4.39 Å². The maximum Gasteiger partial charge on any atom is 0.126 e. The summed E-state index contributed by atoms with van der Waals surface area (Å²) in [6.07, 6.45) is 3.42. The van der Waals surface area contributed by atoms with E-state index in [0.717, 1.165) is 12.8 Å². The minimum Gasteiger partial charge on any atom is -0.389 e. The van der Waals surface area contributed by atoms with E-state index in [1.807, 2.05) is 0 Å². The minimum absolute atomic E-state index is 0.0750. The first kappa shape index (κ1) is 14.8. The zero-order chi connectivity index (χ0) is 13.9. The van der Waals surface area contributed by atoms with Crippen LogP contribution in [-0.2, 0) is 11.2 Å². The summed E-state index contributed by atoms with van der Waals surface area (Å²) in [6.45, 7) is 2.62. The Morgan fingerprint density at radius 2 is 2.32 bits per heavy atom. The number of hydrogen-bond donors (Lipinski definition) is 1. The molecular formula is C15H20ClFO2. The van der Waals surface area contributed by atoms with Gasteiger partial charge in [0.25, 0.3) is 0 Å². The predicted octanol–water partition coefficient (Wildman–Crippen LogP) is 3.73. The smallest absolute Gasteiger partial charge is 0.126 e. The van der Waals surface area contributed by atoms with Crippen molar-refractivity contribution in [2.24, 2.45) is 0 Å². The van der Waals surface area contributed by atoms with Crippen molar-refractivity contribution in [3.05, 3.63) is 34.6 Å². The zero-order valence-electron chi connectivity index (χ0n) is 11.2. The number of aliphatic hydroxyl groups is 1. The molecule has 19 heavy (non-hydrogen) atoms. The van der Waals surface area contributed by atoms with E-state index >= 15 is 0 Å². The van der Waals surface area contributed by atoms with E-state index in [4.69, 9.17) is 16.3 Å². The Morgan fingerprint density at radius 3 is 3.05 bits per heavy atom. The molecular weight excluding hydrogens is 267 g/mol. The summed E-state index contributed by atoms with van der Waals surface area (Å²) in [5.74, 6) is -0.309. The summed E-state index contributed by atoms with van der Waals surface area (Å²) in [6, 6.07) is 4.47. The van der Waals surface area contributed by atoms with Gasteiger partial charge in [-0.1, -0.05) is 24.9 Å². The molecule has 2 unspecified atom stereocenters. The molecule has 2 atom stereocenters. The molecule has 1 aliphatic rings. The monoisotopic (exact) mass is 286 g/mol. The Bertz CT molecular complexity index is 436. The lowest BCUT2D eigenvalue weighted by atomic mass is 9.83. The van der Waals surface area contributed by atoms with Gasteiger partial charge >= 0.3 is 0 Å². The van der Waals surface area contributed by atoms with Crippen molar-refractivity contribution in [1.82, 2.24) is 0 Å². The predicted molar refractivity (Wildman–Crippen MR) is 73.9 cm³/mol. The molecule has 0 aliphatic carbocycles. The lowest BCUT2D eigenvalue weighted by molar-refractivity contribution is -0.105. The van der Waals surface area contributed by atoms with Crippen molar-refractivity contribution in [2.75, 3.05) is 6.61 Å². The molecule has 0 bridgehead atoms. The van der Waals surface area contributed by atoms with Crippen molar-refractivity contribution in [3.63, 3.8) is 0 Å². The van der Waals surface area contributed by atoms with Crippen LogP contribution in [-0.4, -0.2) is 23.4 Å². The van der Waals surface area contributed by atoms with Crippen molar-refractivity contribution < 1.29 is 14.2 Å². The van der Waals surface area contributed by atoms with E-state index < -0.39 is 5.60 Å². The summed E-state index contributed by atoms with van der Waals surface area (Å²) in [7, 11) is 0. The average molecular weight is 287 g/mol. The van der Waals surface area contributed by atoms with Gasteiger partial charge in [0.05, 0.1) is 11.7 Å². The van der Waals surface area contributed by atoms with E-state index in [2.05, 4.69) is 6.92 Å². The van der Waals surface area contributed by atoms with E-state index in [9.17, 15) is 9.50 Å². The number of hydrogen-bond acceptors (Lipinski definition) is 2. The molecule has 1 heterocycles. The molecule has 0 spiro atoms. The third-order valence-electron chi connectivity index (χ3n) is 3.67. The summed E-state index contributed by atoms with van der Waals surface area (Å²) in [4.78, 5) is 0. The van der Waals surface area contributed by atoms with Gasteiger partial charge in [-0.25, -0.2) is 4.39 Å². The molecule has 106 valence electrons. The summed E-state index contributed by atoms with van der Waals surface area (Å²) in [5, 5.41) is 11.1. The first-order valence-electron chi connectivity index (χ1n) is 6.80. The Hall–Kier alpha value is -0.640. The van der Waals surface area contributed by atoms with Crippen LogP contribution in [0.25, 0.3) is 0 Å². The SMILES string of the molecule is CCCC1CC(O)(Cc2cc(Cl)ccc2F)CCO1. The van der Waals surface area contributed by atoms with E-state index in [0.29, 0.717) is 36.5 Å². The third kappa shape index (κ3) is 3.91. The van der Waals surface area contributed by atoms with Gasteiger partial charge in [0.2, 0.25) is 0 Å². The van der Waals surface area contributed by atoms with Crippen molar-refractivity contribution >= 4 is 11.6 Å². The maximum atomic E-state index is 13.7. The van der Waals surface area contributed by atoms with E-state index in [1.54, 1.807) is 6.07 Å². The highest BCUT2D eigenvalue weighted by atomic mass is 35.5. The molecule has 1 saturated heterocycles. The van der Waals surface area contributed by atoms with Crippen LogP contribution in [0.5, 0.6) is 0 Å². The fourth-order valence-electron chi connectivity index (χ4n) is 2.70. The van der Waals surface area contributed by atoms with Crippen LogP contribution in [0.15, 0.2) is 18.2 Å². The number of ether oxygens (including phenoxy) is 1. The quantitative estimate of drug-likeness (QED) is 0.914. The number of halogens is 2. The molecule has 4 heteroatoms. The summed E-state index contributed by atoms with van der Waals surface area (Å²) in [5.41, 5.74) is -0.406. The minimum atomic E-state index is -0.885. The van der Waals surface area contributed by atoms with Crippen LogP contribution >= 0.6 is 11.6 Å². The fourth-order valence-corrected chi connectivity index (χ4v) is 2.90. The van der Waals surface area contributed by atoms with E-state index in [1.165, 1.54) is 12.1 Å². The molecule has 0 amide bonds. The fraction of sp³-hybridized carbons (Fsp3) is 0.600. The largest absolute Gasteiger partial charge is 0.389 e. The van der Waals surface area contributed by atoms with Crippen molar-refractivity contribution in [1.29, 1.82) is 0 Å². The van der Waals surface area contributed by atoms with Gasteiger partial charge < -0.3 is 9.84 Å². The Balaban J connectivity index is 2.09. The first-order chi connectivity index (χ1) is 9.02. The molecule has 2 rings (SSSR count). The highest BCUT2D eigenvalue weighted by molar-refractivity contribution is 6.30. The van der Waals surface area contributed by atoms with Crippen LogP contribution in [0.1, 0.15) is 38.2 Å². The molecule has 1 fully saturated rings. The Morgan fingerprint density at radius 1 is 1.53 bits per heavy atom. The molecule has 1 aromatic carbocycles. The van der Waals surface area contributed by atoms with Gasteiger partial charge in [0, 0.05) is 24.5 Å². The lowest BCUT2D eigenvalue weighted by Crippen LogP contribution is -2.42. The molecule has 2 nitrogen and oxygen atoms in total. The van der Waals surface area contributed by atoms with Gasteiger partial charge in [-0.05, 0) is 36.6 Å². The van der Waals surface area contributed by atoms with Crippen molar-refractivity contribution in [2.45, 2.75) is 50.7 Å². The highest BCUT2D eigenvalue weighted by Gasteiger charge is 2.35. The van der Waals surface area contributed by atoms with E-state index in [-0.39, 0.29) is 11.9 Å². The van der Waals surface area contributed by atoms with Crippen molar-refractivity contribution in [3.8, 4) is 0 Å². The van der Waals surface area contributed by atoms with Crippen LogP contribution in [0.3, 0.4) is 0 Å². The Kier molecular flexibility index (Phi) is 4.82.